The molecule has 2 aromatic rings. The minimum absolute atomic E-state index is 0.255. The summed E-state index contributed by atoms with van der Waals surface area (Å²) in [7, 11) is 0. The van der Waals surface area contributed by atoms with Crippen LogP contribution in [0.5, 0.6) is 0 Å². The molecule has 0 aromatic carbocycles. The smallest absolute Gasteiger partial charge is 0.287 e. The molecule has 0 spiro atoms. The van der Waals surface area contributed by atoms with Crippen molar-refractivity contribution in [2.75, 3.05) is 0 Å². The summed E-state index contributed by atoms with van der Waals surface area (Å²) in [6.07, 6.45) is 1.70. The normalized spacial score (nSPS) is 10.3. The average Bonchev–Trinajstić information content (AvgIpc) is 2.96. The van der Waals surface area contributed by atoms with Crippen molar-refractivity contribution in [2.45, 2.75) is 13.1 Å². The zero-order chi connectivity index (χ0) is 11.4. The second-order valence-corrected chi connectivity index (χ2v) is 4.06. The molecule has 2 rings (SSSR count). The van der Waals surface area contributed by atoms with E-state index in [1.165, 1.54) is 11.3 Å². The van der Waals surface area contributed by atoms with Crippen LogP contribution in [0.15, 0.2) is 28.1 Å². The van der Waals surface area contributed by atoms with Crippen LogP contribution in [0.25, 0.3) is 0 Å². The summed E-state index contributed by atoms with van der Waals surface area (Å²) in [6, 6.07) is 3.30. The van der Waals surface area contributed by atoms with Crippen molar-refractivity contribution in [3.05, 3.63) is 40.2 Å². The number of nitrogens with two attached hydrogens (primary N) is 1. The second-order valence-electron chi connectivity index (χ2n) is 3.08. The molecule has 0 bridgehead atoms. The van der Waals surface area contributed by atoms with Gasteiger partial charge in [-0.3, -0.25) is 4.79 Å². The molecular weight excluding hydrogens is 226 g/mol. The number of rotatable bonds is 4. The van der Waals surface area contributed by atoms with Crippen LogP contribution in [0.4, 0.5) is 0 Å². The van der Waals surface area contributed by atoms with Crippen molar-refractivity contribution < 1.29 is 9.21 Å². The lowest BCUT2D eigenvalue weighted by molar-refractivity contribution is 0.0921. The van der Waals surface area contributed by atoms with Gasteiger partial charge < -0.3 is 15.5 Å². The third-order valence-corrected chi connectivity index (χ3v) is 2.75. The molecule has 0 aliphatic rings. The molecule has 0 unspecified atom stereocenters. The number of carbonyl (C=O) groups is 1. The first kappa shape index (κ1) is 10.8. The lowest BCUT2D eigenvalue weighted by Crippen LogP contribution is -2.22. The Kier molecular flexibility index (Phi) is 3.33. The van der Waals surface area contributed by atoms with Gasteiger partial charge in [0.2, 0.25) is 0 Å². The highest BCUT2D eigenvalue weighted by molar-refractivity contribution is 7.09. The first-order valence-corrected chi connectivity index (χ1v) is 5.63. The largest absolute Gasteiger partial charge is 0.455 e. The predicted octanol–water partition coefficient (Wildman–Crippen LogP) is 1.12. The summed E-state index contributed by atoms with van der Waals surface area (Å²) >= 11 is 1.49. The van der Waals surface area contributed by atoms with E-state index in [1.54, 1.807) is 18.3 Å². The number of hydrogen-bond donors (Lipinski definition) is 2. The molecule has 2 aromatic heterocycles. The van der Waals surface area contributed by atoms with Crippen LogP contribution in [0.3, 0.4) is 0 Å². The Hall–Kier alpha value is -1.66. The van der Waals surface area contributed by atoms with E-state index >= 15 is 0 Å². The lowest BCUT2D eigenvalue weighted by atomic mass is 10.4. The molecule has 0 aliphatic carbocycles. The number of nitrogens with one attached hydrogen (secondary N) is 1. The van der Waals surface area contributed by atoms with Gasteiger partial charge in [-0.1, -0.05) is 0 Å². The minimum atomic E-state index is -0.255. The zero-order valence-corrected chi connectivity index (χ0v) is 9.29. The molecule has 16 heavy (non-hydrogen) atoms. The molecule has 0 saturated heterocycles. The van der Waals surface area contributed by atoms with E-state index in [0.29, 0.717) is 18.8 Å². The minimum Gasteiger partial charge on any atom is -0.455 e. The molecule has 6 heteroatoms. The fourth-order valence-corrected chi connectivity index (χ4v) is 1.75. The first-order valence-electron chi connectivity index (χ1n) is 4.75. The molecule has 0 saturated carbocycles. The Morgan fingerprint density at radius 1 is 1.56 bits per heavy atom. The first-order chi connectivity index (χ1) is 7.79. The fourth-order valence-electron chi connectivity index (χ4n) is 1.19. The van der Waals surface area contributed by atoms with Crippen LogP contribution >= 0.6 is 11.3 Å². The van der Waals surface area contributed by atoms with Crippen LogP contribution < -0.4 is 11.1 Å². The Bertz CT molecular complexity index is 464. The van der Waals surface area contributed by atoms with Crippen molar-refractivity contribution in [2.24, 2.45) is 5.73 Å². The van der Waals surface area contributed by atoms with Gasteiger partial charge in [-0.25, -0.2) is 4.98 Å². The number of aromatic nitrogens is 1. The average molecular weight is 237 g/mol. The summed E-state index contributed by atoms with van der Waals surface area (Å²) < 4.78 is 5.21. The zero-order valence-electron chi connectivity index (χ0n) is 8.47. The number of carbonyl (C=O) groups excluding carboxylic acids is 1. The number of thiazole rings is 1. The monoisotopic (exact) mass is 237 g/mol. The van der Waals surface area contributed by atoms with Crippen molar-refractivity contribution >= 4 is 17.2 Å². The van der Waals surface area contributed by atoms with Crippen LogP contribution in [-0.2, 0) is 13.1 Å². The second kappa shape index (κ2) is 4.91. The van der Waals surface area contributed by atoms with Gasteiger partial charge in [-0.05, 0) is 12.1 Å². The van der Waals surface area contributed by atoms with Gasteiger partial charge in [0.25, 0.3) is 5.91 Å². The topological polar surface area (TPSA) is 81.2 Å². The van der Waals surface area contributed by atoms with Gasteiger partial charge >= 0.3 is 0 Å². The van der Waals surface area contributed by atoms with E-state index in [-0.39, 0.29) is 11.7 Å². The van der Waals surface area contributed by atoms with Crippen molar-refractivity contribution in [1.82, 2.24) is 10.3 Å². The maximum absolute atomic E-state index is 11.6. The summed E-state index contributed by atoms with van der Waals surface area (Å²) in [5.74, 6) is 0.617. The van der Waals surface area contributed by atoms with Gasteiger partial charge in [0.15, 0.2) is 5.76 Å². The van der Waals surface area contributed by atoms with Crippen molar-refractivity contribution in [1.29, 1.82) is 0 Å². The molecule has 84 valence electrons. The van der Waals surface area contributed by atoms with Crippen LogP contribution in [0, 0.1) is 0 Å². The maximum atomic E-state index is 11.6. The fraction of sp³-hybridized carbons (Fsp3) is 0.200. The molecule has 0 atom stereocenters. The quantitative estimate of drug-likeness (QED) is 0.835. The molecule has 1 amide bonds. The summed E-state index contributed by atoms with van der Waals surface area (Å²) in [4.78, 5) is 15.7. The van der Waals surface area contributed by atoms with E-state index in [2.05, 4.69) is 10.3 Å². The third-order valence-electron chi connectivity index (χ3n) is 1.97. The Balaban J connectivity index is 1.93. The standard InChI is InChI=1S/C10H11N3O2S/c11-5-7-1-2-8(15-7)10(14)13-6-9-12-3-4-16-9/h1-4H,5-6,11H2,(H,13,14). The van der Waals surface area contributed by atoms with Crippen molar-refractivity contribution in [3.63, 3.8) is 0 Å². The molecular formula is C10H11N3O2S. The van der Waals surface area contributed by atoms with Gasteiger partial charge in [-0.2, -0.15) is 0 Å². The summed E-state index contributed by atoms with van der Waals surface area (Å²) in [5, 5.41) is 5.44. The van der Waals surface area contributed by atoms with Crippen molar-refractivity contribution in [3.8, 4) is 0 Å². The number of hydrogen-bond acceptors (Lipinski definition) is 5. The number of furan rings is 1. The van der Waals surface area contributed by atoms with E-state index in [9.17, 15) is 4.79 Å². The SMILES string of the molecule is NCc1ccc(C(=O)NCc2nccs2)o1. The highest BCUT2D eigenvalue weighted by atomic mass is 32.1. The van der Waals surface area contributed by atoms with Crippen LogP contribution in [0.1, 0.15) is 21.3 Å². The highest BCUT2D eigenvalue weighted by Gasteiger charge is 2.10. The number of amides is 1. The van der Waals surface area contributed by atoms with E-state index in [0.717, 1.165) is 5.01 Å². The Morgan fingerprint density at radius 3 is 3.06 bits per heavy atom. The Labute approximate surface area is 96.3 Å². The van der Waals surface area contributed by atoms with Crippen LogP contribution in [-0.4, -0.2) is 10.9 Å². The molecule has 3 N–H and O–H groups in total. The Morgan fingerprint density at radius 2 is 2.44 bits per heavy atom. The van der Waals surface area contributed by atoms with Gasteiger partial charge in [0.05, 0.1) is 13.1 Å². The predicted molar refractivity (Wildman–Crippen MR) is 59.9 cm³/mol. The van der Waals surface area contributed by atoms with Crippen LogP contribution in [0.2, 0.25) is 0 Å². The van der Waals surface area contributed by atoms with Gasteiger partial charge in [-0.15, -0.1) is 11.3 Å². The summed E-state index contributed by atoms with van der Waals surface area (Å²) in [5.41, 5.74) is 5.38. The molecule has 0 fully saturated rings. The maximum Gasteiger partial charge on any atom is 0.287 e. The highest BCUT2D eigenvalue weighted by Crippen LogP contribution is 2.08. The summed E-state index contributed by atoms with van der Waals surface area (Å²) in [6.45, 7) is 0.703. The van der Waals surface area contributed by atoms with E-state index in [4.69, 9.17) is 10.2 Å². The molecule has 0 aliphatic heterocycles. The van der Waals surface area contributed by atoms with E-state index in [1.807, 2.05) is 5.38 Å². The molecule has 2 heterocycles. The van der Waals surface area contributed by atoms with Gasteiger partial charge in [0, 0.05) is 11.6 Å². The number of nitrogens with zero attached hydrogens (tertiary/aromatic N) is 1. The molecule has 0 radical (unpaired) electrons. The molecule has 5 nitrogen and oxygen atoms in total. The lowest BCUT2D eigenvalue weighted by Gasteiger charge is -1.99. The van der Waals surface area contributed by atoms with E-state index < -0.39 is 0 Å². The van der Waals surface area contributed by atoms with Gasteiger partial charge in [0.1, 0.15) is 10.8 Å². The third kappa shape index (κ3) is 2.47.